The van der Waals surface area contributed by atoms with Crippen LogP contribution in [0.1, 0.15) is 25.7 Å². The van der Waals surface area contributed by atoms with Gasteiger partial charge in [0.1, 0.15) is 11.8 Å². The number of likely N-dealkylation sites (tertiary alicyclic amines) is 1. The van der Waals surface area contributed by atoms with Crippen molar-refractivity contribution in [1.82, 2.24) is 14.7 Å². The standard InChI is InChI=1S/C19H23N3O3S/c23-18-6-5-15(17-4-2-12-26-17)20-22(18)13-14-7-9-21(10-8-14)19(24)16-3-1-11-25-16/h2,4-6,12,14,16H,1,3,7-11,13H2/t16-/m0/s1. The van der Waals surface area contributed by atoms with E-state index in [0.29, 0.717) is 19.1 Å². The zero-order chi connectivity index (χ0) is 17.9. The van der Waals surface area contributed by atoms with Crippen molar-refractivity contribution in [2.24, 2.45) is 5.92 Å². The Balaban J connectivity index is 1.38. The van der Waals surface area contributed by atoms with Crippen LogP contribution < -0.4 is 5.56 Å². The van der Waals surface area contributed by atoms with Crippen molar-refractivity contribution >= 4 is 17.2 Å². The highest BCUT2D eigenvalue weighted by molar-refractivity contribution is 7.13. The van der Waals surface area contributed by atoms with Crippen molar-refractivity contribution < 1.29 is 9.53 Å². The summed E-state index contributed by atoms with van der Waals surface area (Å²) >= 11 is 1.62. The maximum atomic E-state index is 12.4. The highest BCUT2D eigenvalue weighted by Crippen LogP contribution is 2.24. The van der Waals surface area contributed by atoms with Crippen molar-refractivity contribution in [3.8, 4) is 10.6 Å². The summed E-state index contributed by atoms with van der Waals surface area (Å²) in [6, 6.07) is 7.38. The molecule has 2 fully saturated rings. The summed E-state index contributed by atoms with van der Waals surface area (Å²) in [7, 11) is 0. The van der Waals surface area contributed by atoms with Crippen LogP contribution in [0.4, 0.5) is 0 Å². The molecule has 2 aliphatic rings. The number of ether oxygens (including phenoxy) is 1. The summed E-state index contributed by atoms with van der Waals surface area (Å²) in [5, 5.41) is 6.55. The molecule has 2 aliphatic heterocycles. The quantitative estimate of drug-likeness (QED) is 0.825. The summed E-state index contributed by atoms with van der Waals surface area (Å²) in [6.07, 6.45) is 3.37. The van der Waals surface area contributed by atoms with Crippen molar-refractivity contribution in [2.75, 3.05) is 19.7 Å². The first-order valence-electron chi connectivity index (χ1n) is 9.23. The SMILES string of the molecule is O=C([C@@H]1CCCO1)N1CCC(Cn2nc(-c3cccs3)ccc2=O)CC1. The molecule has 0 unspecified atom stereocenters. The van der Waals surface area contributed by atoms with Crippen LogP contribution in [-0.4, -0.2) is 46.4 Å². The Hall–Kier alpha value is -1.99. The first-order valence-corrected chi connectivity index (χ1v) is 10.1. The van der Waals surface area contributed by atoms with Crippen molar-refractivity contribution in [3.63, 3.8) is 0 Å². The van der Waals surface area contributed by atoms with Gasteiger partial charge in [-0.3, -0.25) is 9.59 Å². The Labute approximate surface area is 156 Å². The van der Waals surface area contributed by atoms with Crippen molar-refractivity contribution in [1.29, 1.82) is 0 Å². The number of hydrogen-bond donors (Lipinski definition) is 0. The smallest absolute Gasteiger partial charge is 0.266 e. The Bertz CT molecular complexity index is 804. The van der Waals surface area contributed by atoms with Gasteiger partial charge in [-0.15, -0.1) is 11.3 Å². The molecule has 0 bridgehead atoms. The van der Waals surface area contributed by atoms with E-state index in [0.717, 1.165) is 49.3 Å². The van der Waals surface area contributed by atoms with Crippen molar-refractivity contribution in [2.45, 2.75) is 38.3 Å². The van der Waals surface area contributed by atoms with Crippen molar-refractivity contribution in [3.05, 3.63) is 40.0 Å². The van der Waals surface area contributed by atoms with Crippen LogP contribution in [0.25, 0.3) is 10.6 Å². The van der Waals surface area contributed by atoms with Crippen LogP contribution in [0, 0.1) is 5.92 Å². The molecule has 0 aromatic carbocycles. The second-order valence-corrected chi connectivity index (χ2v) is 7.93. The van der Waals surface area contributed by atoms with Gasteiger partial charge in [0, 0.05) is 32.3 Å². The van der Waals surface area contributed by atoms with E-state index >= 15 is 0 Å². The number of carbonyl (C=O) groups excluding carboxylic acids is 1. The molecule has 2 aromatic heterocycles. The fourth-order valence-corrected chi connectivity index (χ4v) is 4.38. The Morgan fingerprint density at radius 3 is 2.77 bits per heavy atom. The number of rotatable bonds is 4. The van der Waals surface area contributed by atoms with Gasteiger partial charge in [0.05, 0.1) is 4.88 Å². The van der Waals surface area contributed by atoms with Gasteiger partial charge in [0.15, 0.2) is 0 Å². The molecule has 0 radical (unpaired) electrons. The molecule has 0 spiro atoms. The Kier molecular flexibility index (Phi) is 5.17. The lowest BCUT2D eigenvalue weighted by atomic mass is 9.96. The normalized spacial score (nSPS) is 21.2. The molecule has 1 amide bonds. The molecule has 1 atom stereocenters. The lowest BCUT2D eigenvalue weighted by molar-refractivity contribution is -0.142. The molecular formula is C19H23N3O3S. The van der Waals surface area contributed by atoms with Gasteiger partial charge in [-0.1, -0.05) is 6.07 Å². The molecular weight excluding hydrogens is 350 g/mol. The number of piperidine rings is 1. The van der Waals surface area contributed by atoms with Gasteiger partial charge in [-0.05, 0) is 49.1 Å². The number of carbonyl (C=O) groups is 1. The van der Waals surface area contributed by atoms with Crippen LogP contribution in [0.3, 0.4) is 0 Å². The zero-order valence-electron chi connectivity index (χ0n) is 14.7. The average molecular weight is 373 g/mol. The minimum Gasteiger partial charge on any atom is -0.368 e. The van der Waals surface area contributed by atoms with Crippen LogP contribution in [0.15, 0.2) is 34.4 Å². The van der Waals surface area contributed by atoms with E-state index in [1.165, 1.54) is 0 Å². The Morgan fingerprint density at radius 2 is 2.08 bits per heavy atom. The minimum atomic E-state index is -0.238. The fraction of sp³-hybridized carbons (Fsp3) is 0.526. The number of aromatic nitrogens is 2. The zero-order valence-corrected chi connectivity index (χ0v) is 15.5. The molecule has 0 aliphatic carbocycles. The second-order valence-electron chi connectivity index (χ2n) is 6.99. The van der Waals surface area contributed by atoms with Gasteiger partial charge in [0.25, 0.3) is 11.5 Å². The van der Waals surface area contributed by atoms with Crippen LogP contribution in [0.2, 0.25) is 0 Å². The maximum Gasteiger partial charge on any atom is 0.266 e. The predicted molar refractivity (Wildman–Crippen MR) is 100 cm³/mol. The molecule has 7 heteroatoms. The van der Waals surface area contributed by atoms with Gasteiger partial charge in [-0.2, -0.15) is 5.10 Å². The number of amides is 1. The fourth-order valence-electron chi connectivity index (χ4n) is 3.69. The highest BCUT2D eigenvalue weighted by Gasteiger charge is 2.31. The summed E-state index contributed by atoms with van der Waals surface area (Å²) in [4.78, 5) is 27.6. The molecule has 6 nitrogen and oxygen atoms in total. The van der Waals surface area contributed by atoms with Gasteiger partial charge in [-0.25, -0.2) is 4.68 Å². The first-order chi connectivity index (χ1) is 12.7. The lowest BCUT2D eigenvalue weighted by Crippen LogP contribution is -2.44. The number of thiophene rings is 1. The van der Waals surface area contributed by atoms with Gasteiger partial charge < -0.3 is 9.64 Å². The van der Waals surface area contributed by atoms with Gasteiger partial charge in [0.2, 0.25) is 0 Å². The van der Waals surface area contributed by atoms with E-state index in [2.05, 4.69) is 5.10 Å². The van der Waals surface area contributed by atoms with E-state index < -0.39 is 0 Å². The topological polar surface area (TPSA) is 64.4 Å². The molecule has 4 rings (SSSR count). The minimum absolute atomic E-state index is 0.0665. The first kappa shape index (κ1) is 17.4. The average Bonchev–Trinajstić information content (AvgIpc) is 3.38. The van der Waals surface area contributed by atoms with E-state index in [9.17, 15) is 9.59 Å². The molecule has 26 heavy (non-hydrogen) atoms. The lowest BCUT2D eigenvalue weighted by Gasteiger charge is -2.33. The van der Waals surface area contributed by atoms with Crippen LogP contribution >= 0.6 is 11.3 Å². The Morgan fingerprint density at radius 1 is 1.23 bits per heavy atom. The monoisotopic (exact) mass is 373 g/mol. The van der Waals surface area contributed by atoms with E-state index in [-0.39, 0.29) is 17.6 Å². The third-order valence-electron chi connectivity index (χ3n) is 5.20. The predicted octanol–water partition coefficient (Wildman–Crippen LogP) is 2.39. The molecule has 2 aromatic rings. The van der Waals surface area contributed by atoms with Gasteiger partial charge >= 0.3 is 0 Å². The second kappa shape index (κ2) is 7.72. The maximum absolute atomic E-state index is 12.4. The van der Waals surface area contributed by atoms with Crippen LogP contribution in [0.5, 0.6) is 0 Å². The third kappa shape index (κ3) is 3.73. The number of hydrogen-bond acceptors (Lipinski definition) is 5. The molecule has 4 heterocycles. The number of nitrogens with zero attached hydrogens (tertiary/aromatic N) is 3. The summed E-state index contributed by atoms with van der Waals surface area (Å²) < 4.78 is 7.09. The molecule has 2 saturated heterocycles. The van der Waals surface area contributed by atoms with E-state index in [1.807, 2.05) is 22.4 Å². The molecule has 0 N–H and O–H groups in total. The molecule has 138 valence electrons. The summed E-state index contributed by atoms with van der Waals surface area (Å²) in [6.45, 7) is 2.79. The van der Waals surface area contributed by atoms with E-state index in [1.54, 1.807) is 28.2 Å². The summed E-state index contributed by atoms with van der Waals surface area (Å²) in [5.41, 5.74) is 0.772. The third-order valence-corrected chi connectivity index (χ3v) is 6.10. The molecule has 0 saturated carbocycles. The van der Waals surface area contributed by atoms with E-state index in [4.69, 9.17) is 4.74 Å². The largest absolute Gasteiger partial charge is 0.368 e. The van der Waals surface area contributed by atoms with Crippen LogP contribution in [-0.2, 0) is 16.1 Å². The summed E-state index contributed by atoms with van der Waals surface area (Å²) in [5.74, 6) is 0.503. The highest BCUT2D eigenvalue weighted by atomic mass is 32.1.